The van der Waals surface area contributed by atoms with Crippen LogP contribution in [0.2, 0.25) is 0 Å². The molecule has 0 spiro atoms. The van der Waals surface area contributed by atoms with Gasteiger partial charge in [0.1, 0.15) is 0 Å². The van der Waals surface area contributed by atoms with E-state index in [4.69, 9.17) is 9.84 Å². The molecule has 2 nitrogen and oxygen atoms in total. The first-order chi connectivity index (χ1) is 8.19. The summed E-state index contributed by atoms with van der Waals surface area (Å²) < 4.78 is 6.04. The SMILES string of the molecule is CC(C)CC(C)OC(C)CC(C)C(C)(C)CCO. The van der Waals surface area contributed by atoms with Crippen LogP contribution in [0.25, 0.3) is 0 Å². The Morgan fingerprint density at radius 3 is 1.89 bits per heavy atom. The van der Waals surface area contributed by atoms with Crippen LogP contribution < -0.4 is 0 Å². The largest absolute Gasteiger partial charge is 0.396 e. The predicted molar refractivity (Wildman–Crippen MR) is 78.7 cm³/mol. The van der Waals surface area contributed by atoms with E-state index in [-0.39, 0.29) is 12.0 Å². The average molecular weight is 258 g/mol. The van der Waals surface area contributed by atoms with Crippen molar-refractivity contribution < 1.29 is 9.84 Å². The normalized spacial score (nSPS) is 17.8. The van der Waals surface area contributed by atoms with Crippen LogP contribution in [-0.4, -0.2) is 23.9 Å². The number of hydrogen-bond donors (Lipinski definition) is 1. The molecule has 0 aliphatic heterocycles. The molecule has 0 aromatic heterocycles. The molecule has 0 saturated carbocycles. The minimum atomic E-state index is 0.188. The molecular weight excluding hydrogens is 224 g/mol. The summed E-state index contributed by atoms with van der Waals surface area (Å²) >= 11 is 0. The van der Waals surface area contributed by atoms with Gasteiger partial charge < -0.3 is 9.84 Å². The van der Waals surface area contributed by atoms with Gasteiger partial charge >= 0.3 is 0 Å². The van der Waals surface area contributed by atoms with Gasteiger partial charge in [0.15, 0.2) is 0 Å². The van der Waals surface area contributed by atoms with Gasteiger partial charge in [-0.2, -0.15) is 0 Å². The molecule has 3 atom stereocenters. The third-order valence-electron chi connectivity index (χ3n) is 4.04. The maximum atomic E-state index is 9.10. The molecule has 0 aromatic carbocycles. The lowest BCUT2D eigenvalue weighted by Gasteiger charge is -2.33. The van der Waals surface area contributed by atoms with Crippen molar-refractivity contribution >= 4 is 0 Å². The van der Waals surface area contributed by atoms with Crippen molar-refractivity contribution in [2.24, 2.45) is 17.3 Å². The zero-order valence-corrected chi connectivity index (χ0v) is 13.5. The van der Waals surface area contributed by atoms with Gasteiger partial charge in [0, 0.05) is 6.61 Å². The Morgan fingerprint density at radius 2 is 1.44 bits per heavy atom. The van der Waals surface area contributed by atoms with E-state index in [2.05, 4.69) is 48.5 Å². The summed E-state index contributed by atoms with van der Waals surface area (Å²) in [6, 6.07) is 0. The standard InChI is InChI=1S/C16H34O2/c1-12(2)10-14(4)18-15(5)11-13(3)16(6,7)8-9-17/h12-15,17H,8-11H2,1-7H3. The molecule has 110 valence electrons. The summed E-state index contributed by atoms with van der Waals surface area (Å²) in [6.07, 6.45) is 3.69. The smallest absolute Gasteiger partial charge is 0.0553 e. The van der Waals surface area contributed by atoms with Crippen molar-refractivity contribution in [3.8, 4) is 0 Å². The van der Waals surface area contributed by atoms with E-state index < -0.39 is 0 Å². The van der Waals surface area contributed by atoms with Crippen LogP contribution in [0.3, 0.4) is 0 Å². The number of ether oxygens (including phenoxy) is 1. The maximum absolute atomic E-state index is 9.10. The maximum Gasteiger partial charge on any atom is 0.0553 e. The monoisotopic (exact) mass is 258 g/mol. The Morgan fingerprint density at radius 1 is 0.944 bits per heavy atom. The lowest BCUT2D eigenvalue weighted by atomic mass is 9.75. The molecule has 0 bridgehead atoms. The highest BCUT2D eigenvalue weighted by molar-refractivity contribution is 4.77. The molecule has 0 radical (unpaired) electrons. The summed E-state index contributed by atoms with van der Waals surface area (Å²) in [5.74, 6) is 1.25. The summed E-state index contributed by atoms with van der Waals surface area (Å²) in [6.45, 7) is 15.8. The minimum absolute atomic E-state index is 0.188. The Balaban J connectivity index is 4.10. The quantitative estimate of drug-likeness (QED) is 0.669. The van der Waals surface area contributed by atoms with E-state index in [0.717, 1.165) is 19.3 Å². The first-order valence-electron chi connectivity index (χ1n) is 7.45. The number of aliphatic hydroxyl groups is 1. The molecule has 3 unspecified atom stereocenters. The van der Waals surface area contributed by atoms with Crippen molar-refractivity contribution in [3.05, 3.63) is 0 Å². The van der Waals surface area contributed by atoms with E-state index in [9.17, 15) is 0 Å². The van der Waals surface area contributed by atoms with Crippen molar-refractivity contribution in [2.45, 2.75) is 79.9 Å². The van der Waals surface area contributed by atoms with Crippen molar-refractivity contribution in [2.75, 3.05) is 6.61 Å². The highest BCUT2D eigenvalue weighted by Crippen LogP contribution is 2.33. The fourth-order valence-corrected chi connectivity index (χ4v) is 2.52. The van der Waals surface area contributed by atoms with Gasteiger partial charge in [-0.05, 0) is 50.4 Å². The molecule has 0 rings (SSSR count). The first-order valence-corrected chi connectivity index (χ1v) is 7.45. The summed E-state index contributed by atoms with van der Waals surface area (Å²) in [4.78, 5) is 0. The van der Waals surface area contributed by atoms with Crippen LogP contribution in [0, 0.1) is 17.3 Å². The predicted octanol–water partition coefficient (Wildman–Crippen LogP) is 4.26. The van der Waals surface area contributed by atoms with E-state index in [1.54, 1.807) is 0 Å². The van der Waals surface area contributed by atoms with E-state index >= 15 is 0 Å². The number of aliphatic hydroxyl groups excluding tert-OH is 1. The van der Waals surface area contributed by atoms with E-state index in [1.165, 1.54) is 0 Å². The summed E-state index contributed by atoms with van der Waals surface area (Å²) in [5, 5.41) is 9.10. The molecule has 0 heterocycles. The Bertz CT molecular complexity index is 211. The molecule has 2 heteroatoms. The molecule has 0 fully saturated rings. The number of rotatable bonds is 9. The zero-order valence-electron chi connectivity index (χ0n) is 13.5. The second kappa shape index (κ2) is 8.16. The molecule has 1 N–H and O–H groups in total. The van der Waals surface area contributed by atoms with Crippen LogP contribution in [0.4, 0.5) is 0 Å². The molecule has 0 aliphatic rings. The Hall–Kier alpha value is -0.0800. The van der Waals surface area contributed by atoms with Crippen LogP contribution in [0.5, 0.6) is 0 Å². The van der Waals surface area contributed by atoms with Crippen LogP contribution in [0.15, 0.2) is 0 Å². The minimum Gasteiger partial charge on any atom is -0.396 e. The molecule has 0 aromatic rings. The van der Waals surface area contributed by atoms with Gasteiger partial charge in [-0.15, -0.1) is 0 Å². The third kappa shape index (κ3) is 7.38. The molecule has 0 aliphatic carbocycles. The van der Waals surface area contributed by atoms with Gasteiger partial charge in [-0.3, -0.25) is 0 Å². The Kier molecular flexibility index (Phi) is 8.13. The van der Waals surface area contributed by atoms with Gasteiger partial charge in [0.2, 0.25) is 0 Å². The highest BCUT2D eigenvalue weighted by Gasteiger charge is 2.27. The fourth-order valence-electron chi connectivity index (χ4n) is 2.52. The van der Waals surface area contributed by atoms with Gasteiger partial charge in [-0.25, -0.2) is 0 Å². The van der Waals surface area contributed by atoms with Gasteiger partial charge in [0.05, 0.1) is 12.2 Å². The van der Waals surface area contributed by atoms with Crippen molar-refractivity contribution in [1.82, 2.24) is 0 Å². The summed E-state index contributed by atoms with van der Waals surface area (Å²) in [5.41, 5.74) is 0.188. The molecular formula is C16H34O2. The van der Waals surface area contributed by atoms with E-state index in [1.807, 2.05) is 0 Å². The first kappa shape index (κ1) is 17.9. The van der Waals surface area contributed by atoms with Crippen LogP contribution in [0.1, 0.15) is 67.7 Å². The third-order valence-corrected chi connectivity index (χ3v) is 4.04. The number of hydrogen-bond acceptors (Lipinski definition) is 2. The average Bonchev–Trinajstić information content (AvgIpc) is 2.14. The Labute approximate surface area is 114 Å². The van der Waals surface area contributed by atoms with Crippen molar-refractivity contribution in [3.63, 3.8) is 0 Å². The topological polar surface area (TPSA) is 29.5 Å². The van der Waals surface area contributed by atoms with Gasteiger partial charge in [0.25, 0.3) is 0 Å². The van der Waals surface area contributed by atoms with Gasteiger partial charge in [-0.1, -0.05) is 34.6 Å². The zero-order chi connectivity index (χ0) is 14.3. The molecule has 18 heavy (non-hydrogen) atoms. The molecule has 0 saturated heterocycles. The van der Waals surface area contributed by atoms with Crippen LogP contribution in [-0.2, 0) is 4.74 Å². The lowest BCUT2D eigenvalue weighted by molar-refractivity contribution is -0.0234. The lowest BCUT2D eigenvalue weighted by Crippen LogP contribution is -2.28. The van der Waals surface area contributed by atoms with Crippen LogP contribution >= 0.6 is 0 Å². The highest BCUT2D eigenvalue weighted by atomic mass is 16.5. The second-order valence-corrected chi connectivity index (χ2v) is 6.99. The van der Waals surface area contributed by atoms with Crippen molar-refractivity contribution in [1.29, 1.82) is 0 Å². The molecule has 0 amide bonds. The second-order valence-electron chi connectivity index (χ2n) is 6.99. The fraction of sp³-hybridized carbons (Fsp3) is 1.00. The van der Waals surface area contributed by atoms with E-state index in [0.29, 0.717) is 24.0 Å². The summed E-state index contributed by atoms with van der Waals surface area (Å²) in [7, 11) is 0.